The number of amides is 1. The first kappa shape index (κ1) is 18.0. The van der Waals surface area contributed by atoms with E-state index in [9.17, 15) is 4.79 Å². The molecule has 0 spiro atoms. The van der Waals surface area contributed by atoms with Gasteiger partial charge in [-0.1, -0.05) is 36.6 Å². The Bertz CT molecular complexity index is 782. The van der Waals surface area contributed by atoms with Crippen molar-refractivity contribution in [1.29, 1.82) is 0 Å². The molecule has 6 heteroatoms. The average molecular weight is 369 g/mol. The van der Waals surface area contributed by atoms with Crippen molar-refractivity contribution in [1.82, 2.24) is 15.0 Å². The topological polar surface area (TPSA) is 68.5 Å². The molecule has 0 radical (unpaired) electrons. The zero-order valence-corrected chi connectivity index (χ0v) is 15.9. The monoisotopic (exact) mass is 369 g/mol. The summed E-state index contributed by atoms with van der Waals surface area (Å²) in [7, 11) is 1.64. The van der Waals surface area contributed by atoms with Crippen LogP contribution >= 0.6 is 0 Å². The molecule has 2 aromatic rings. The van der Waals surface area contributed by atoms with E-state index in [1.165, 1.54) is 19.3 Å². The molecule has 1 aromatic carbocycles. The molecule has 144 valence electrons. The van der Waals surface area contributed by atoms with Crippen molar-refractivity contribution >= 4 is 5.91 Å². The lowest BCUT2D eigenvalue weighted by atomic mass is 9.87. The van der Waals surface area contributed by atoms with Gasteiger partial charge in [0.1, 0.15) is 5.75 Å². The van der Waals surface area contributed by atoms with Crippen LogP contribution in [0.4, 0.5) is 0 Å². The van der Waals surface area contributed by atoms with Crippen LogP contribution in [-0.4, -0.2) is 41.1 Å². The Labute approximate surface area is 159 Å². The summed E-state index contributed by atoms with van der Waals surface area (Å²) in [6.07, 6.45) is 7.68. The Kier molecular flexibility index (Phi) is 5.41. The van der Waals surface area contributed by atoms with Gasteiger partial charge in [-0.15, -0.1) is 0 Å². The summed E-state index contributed by atoms with van der Waals surface area (Å²) < 4.78 is 10.8. The van der Waals surface area contributed by atoms with Crippen molar-refractivity contribution in [3.05, 3.63) is 30.2 Å². The Morgan fingerprint density at radius 3 is 2.85 bits per heavy atom. The number of aromatic nitrogens is 2. The van der Waals surface area contributed by atoms with Gasteiger partial charge in [-0.2, -0.15) is 4.98 Å². The normalized spacial score (nSPS) is 21.2. The predicted octanol–water partition coefficient (Wildman–Crippen LogP) is 4.03. The van der Waals surface area contributed by atoms with E-state index in [1.54, 1.807) is 7.11 Å². The van der Waals surface area contributed by atoms with Crippen LogP contribution in [0.2, 0.25) is 0 Å². The van der Waals surface area contributed by atoms with Crippen LogP contribution in [0.15, 0.2) is 28.8 Å². The Morgan fingerprint density at radius 2 is 2.04 bits per heavy atom. The lowest BCUT2D eigenvalue weighted by Crippen LogP contribution is -2.42. The standard InChI is InChI=1S/C21H27N3O3/c1-26-18-11-5-9-16(13-18)19-22-20(27-23-19)17-10-6-12-24(14-17)21(25)15-7-3-2-4-8-15/h5,9,11,13,15,17H,2-4,6-8,10,12,14H2,1H3. The van der Waals surface area contributed by atoms with Crippen molar-refractivity contribution in [2.24, 2.45) is 5.92 Å². The number of nitrogens with zero attached hydrogens (tertiary/aromatic N) is 3. The van der Waals surface area contributed by atoms with Gasteiger partial charge in [0.05, 0.1) is 13.0 Å². The molecule has 0 N–H and O–H groups in total. The number of hydrogen-bond donors (Lipinski definition) is 0. The van der Waals surface area contributed by atoms with Crippen LogP contribution in [0, 0.1) is 5.92 Å². The summed E-state index contributed by atoms with van der Waals surface area (Å²) in [5.41, 5.74) is 0.871. The number of ether oxygens (including phenoxy) is 1. The maximum absolute atomic E-state index is 12.9. The SMILES string of the molecule is COc1cccc(-c2noc(C3CCCN(C(=O)C4CCCCC4)C3)n2)c1. The number of hydrogen-bond acceptors (Lipinski definition) is 5. The van der Waals surface area contributed by atoms with E-state index in [2.05, 4.69) is 10.1 Å². The van der Waals surface area contributed by atoms with Crippen LogP contribution < -0.4 is 4.74 Å². The van der Waals surface area contributed by atoms with Crippen molar-refractivity contribution in [3.8, 4) is 17.1 Å². The van der Waals surface area contributed by atoms with Gasteiger partial charge < -0.3 is 14.2 Å². The molecule has 1 aromatic heterocycles. The van der Waals surface area contributed by atoms with E-state index < -0.39 is 0 Å². The molecule has 2 heterocycles. The highest BCUT2D eigenvalue weighted by atomic mass is 16.5. The van der Waals surface area contributed by atoms with Crippen molar-refractivity contribution in [3.63, 3.8) is 0 Å². The molecule has 1 aliphatic carbocycles. The van der Waals surface area contributed by atoms with Gasteiger partial charge in [0.2, 0.25) is 17.6 Å². The number of carbonyl (C=O) groups excluding carboxylic acids is 1. The third-order valence-corrected chi connectivity index (χ3v) is 5.81. The van der Waals surface area contributed by atoms with Gasteiger partial charge in [-0.3, -0.25) is 4.79 Å². The molecule has 2 fully saturated rings. The first-order valence-corrected chi connectivity index (χ1v) is 10.0. The summed E-state index contributed by atoms with van der Waals surface area (Å²) in [5, 5.41) is 4.15. The lowest BCUT2D eigenvalue weighted by molar-refractivity contribution is -0.137. The second kappa shape index (κ2) is 8.11. The van der Waals surface area contributed by atoms with Crippen LogP contribution in [0.25, 0.3) is 11.4 Å². The Balaban J connectivity index is 1.45. The molecule has 4 rings (SSSR count). The summed E-state index contributed by atoms with van der Waals surface area (Å²) in [5.74, 6) is 2.63. The minimum Gasteiger partial charge on any atom is -0.497 e. The Hall–Kier alpha value is -2.37. The van der Waals surface area contributed by atoms with Crippen molar-refractivity contribution in [2.45, 2.75) is 50.9 Å². The van der Waals surface area contributed by atoms with Gasteiger partial charge >= 0.3 is 0 Å². The van der Waals surface area contributed by atoms with Gasteiger partial charge in [0, 0.05) is 24.6 Å². The second-order valence-electron chi connectivity index (χ2n) is 7.65. The highest BCUT2D eigenvalue weighted by Gasteiger charge is 2.32. The smallest absolute Gasteiger partial charge is 0.231 e. The highest BCUT2D eigenvalue weighted by Crippen LogP contribution is 2.31. The van der Waals surface area contributed by atoms with E-state index in [0.717, 1.165) is 43.5 Å². The largest absolute Gasteiger partial charge is 0.497 e. The fourth-order valence-electron chi connectivity index (χ4n) is 4.27. The fourth-order valence-corrected chi connectivity index (χ4v) is 4.27. The quantitative estimate of drug-likeness (QED) is 0.814. The van der Waals surface area contributed by atoms with E-state index >= 15 is 0 Å². The number of likely N-dealkylation sites (tertiary alicyclic amines) is 1. The maximum Gasteiger partial charge on any atom is 0.231 e. The summed E-state index contributed by atoms with van der Waals surface area (Å²) >= 11 is 0. The van der Waals surface area contributed by atoms with Gasteiger partial charge in [0.15, 0.2) is 0 Å². The molecule has 6 nitrogen and oxygen atoms in total. The third kappa shape index (κ3) is 3.99. The van der Waals surface area contributed by atoms with Gasteiger partial charge in [0.25, 0.3) is 0 Å². The number of rotatable bonds is 4. The molecule has 1 saturated carbocycles. The minimum absolute atomic E-state index is 0.123. The lowest BCUT2D eigenvalue weighted by Gasteiger charge is -2.34. The summed E-state index contributed by atoms with van der Waals surface area (Å²) in [6, 6.07) is 7.64. The van der Waals surface area contributed by atoms with Crippen LogP contribution in [0.5, 0.6) is 5.75 Å². The first-order chi connectivity index (χ1) is 13.2. The zero-order valence-electron chi connectivity index (χ0n) is 15.9. The molecule has 1 amide bonds. The molecule has 1 saturated heterocycles. The maximum atomic E-state index is 12.9. The number of benzene rings is 1. The summed E-state index contributed by atoms with van der Waals surface area (Å²) in [6.45, 7) is 1.54. The molecule has 1 unspecified atom stereocenters. The molecular weight excluding hydrogens is 342 g/mol. The number of carbonyl (C=O) groups is 1. The van der Waals surface area contributed by atoms with Crippen LogP contribution in [0.3, 0.4) is 0 Å². The first-order valence-electron chi connectivity index (χ1n) is 10.0. The van der Waals surface area contributed by atoms with E-state index in [-0.39, 0.29) is 11.8 Å². The van der Waals surface area contributed by atoms with E-state index in [0.29, 0.717) is 24.2 Å². The van der Waals surface area contributed by atoms with Gasteiger partial charge in [-0.05, 0) is 37.8 Å². The summed E-state index contributed by atoms with van der Waals surface area (Å²) in [4.78, 5) is 19.5. The molecular formula is C21H27N3O3. The number of methoxy groups -OCH3 is 1. The third-order valence-electron chi connectivity index (χ3n) is 5.81. The van der Waals surface area contributed by atoms with Crippen molar-refractivity contribution in [2.75, 3.05) is 20.2 Å². The van der Waals surface area contributed by atoms with Crippen molar-refractivity contribution < 1.29 is 14.1 Å². The molecule has 1 aliphatic heterocycles. The Morgan fingerprint density at radius 1 is 1.19 bits per heavy atom. The second-order valence-corrected chi connectivity index (χ2v) is 7.65. The highest BCUT2D eigenvalue weighted by molar-refractivity contribution is 5.79. The molecule has 2 aliphatic rings. The van der Waals surface area contributed by atoms with Crippen LogP contribution in [-0.2, 0) is 4.79 Å². The minimum atomic E-state index is 0.123. The molecule has 0 bridgehead atoms. The molecule has 27 heavy (non-hydrogen) atoms. The molecule has 1 atom stereocenters. The van der Waals surface area contributed by atoms with Crippen LogP contribution in [0.1, 0.15) is 56.8 Å². The van der Waals surface area contributed by atoms with E-state index in [4.69, 9.17) is 9.26 Å². The predicted molar refractivity (Wildman–Crippen MR) is 101 cm³/mol. The number of piperidine rings is 1. The van der Waals surface area contributed by atoms with Gasteiger partial charge in [-0.25, -0.2) is 0 Å². The van der Waals surface area contributed by atoms with E-state index in [1.807, 2.05) is 29.2 Å². The zero-order chi connectivity index (χ0) is 18.6. The fraction of sp³-hybridized carbons (Fsp3) is 0.571. The average Bonchev–Trinajstić information content (AvgIpc) is 3.24.